The van der Waals surface area contributed by atoms with Crippen LogP contribution in [-0.4, -0.2) is 30.8 Å². The third-order valence-electron chi connectivity index (χ3n) is 2.52. The molecule has 2 N–H and O–H groups in total. The van der Waals surface area contributed by atoms with Crippen molar-refractivity contribution < 1.29 is 27.5 Å². The van der Waals surface area contributed by atoms with Gasteiger partial charge in [-0.2, -0.15) is 13.2 Å². The zero-order valence-corrected chi connectivity index (χ0v) is 12.4. The van der Waals surface area contributed by atoms with Gasteiger partial charge < -0.3 is 10.1 Å². The summed E-state index contributed by atoms with van der Waals surface area (Å²) in [5.41, 5.74) is 0.731. The van der Waals surface area contributed by atoms with E-state index >= 15 is 0 Å². The monoisotopic (exact) mass is 324 g/mol. The summed E-state index contributed by atoms with van der Waals surface area (Å²) < 4.78 is 41.9. The molecule has 2 amide bonds. The number of hydrogen-bond acceptors (Lipinski definition) is 4. The van der Waals surface area contributed by atoms with Crippen molar-refractivity contribution in [2.45, 2.75) is 33.0 Å². The first-order valence-electron chi connectivity index (χ1n) is 6.06. The largest absolute Gasteiger partial charge is 0.462 e. The number of thiophene rings is 1. The van der Waals surface area contributed by atoms with Gasteiger partial charge in [0.15, 0.2) is 0 Å². The van der Waals surface area contributed by atoms with Crippen molar-refractivity contribution in [3.05, 3.63) is 16.5 Å². The van der Waals surface area contributed by atoms with Crippen LogP contribution in [-0.2, 0) is 4.74 Å². The summed E-state index contributed by atoms with van der Waals surface area (Å²) in [6, 6.07) is -3.03. The summed E-state index contributed by atoms with van der Waals surface area (Å²) in [4.78, 5) is 23.3. The molecule has 5 nitrogen and oxygen atoms in total. The number of halogens is 3. The first-order valence-corrected chi connectivity index (χ1v) is 6.94. The number of alkyl halides is 3. The van der Waals surface area contributed by atoms with Crippen molar-refractivity contribution in [3.8, 4) is 0 Å². The molecule has 0 aliphatic rings. The highest BCUT2D eigenvalue weighted by atomic mass is 32.1. The lowest BCUT2D eigenvalue weighted by atomic mass is 10.2. The highest BCUT2D eigenvalue weighted by Gasteiger charge is 2.37. The predicted octanol–water partition coefficient (Wildman–Crippen LogP) is 3.31. The number of urea groups is 1. The molecular weight excluding hydrogens is 309 g/mol. The number of nitrogens with one attached hydrogen (secondary N) is 2. The molecule has 0 saturated carbocycles. The second-order valence-corrected chi connectivity index (χ2v) is 5.08. The molecule has 0 saturated heterocycles. The second kappa shape index (κ2) is 6.79. The number of anilines is 1. The Balaban J connectivity index is 2.80. The molecular formula is C12H15F3N2O3S. The molecule has 1 rings (SSSR count). The Labute approximate surface area is 123 Å². The smallest absolute Gasteiger partial charge is 0.408 e. The summed E-state index contributed by atoms with van der Waals surface area (Å²) in [5.74, 6) is -0.629. The van der Waals surface area contributed by atoms with Crippen molar-refractivity contribution in [1.82, 2.24) is 5.32 Å². The lowest BCUT2D eigenvalue weighted by molar-refractivity contribution is -0.148. The molecule has 0 fully saturated rings. The third kappa shape index (κ3) is 4.62. The maximum Gasteiger partial charge on any atom is 0.408 e. The van der Waals surface area contributed by atoms with E-state index in [9.17, 15) is 22.8 Å². The summed E-state index contributed by atoms with van der Waals surface area (Å²) in [6.07, 6.45) is -4.54. The standard InChI is InChI=1S/C12H15F3N2O3S/c1-4-20-10(18)8-6(2)5-21-9(8)17-11(19)16-7(3)12(13,14)15/h5,7H,4H2,1-3H3,(H2,16,17,19). The Morgan fingerprint density at radius 1 is 1.43 bits per heavy atom. The van der Waals surface area contributed by atoms with Crippen LogP contribution >= 0.6 is 11.3 Å². The van der Waals surface area contributed by atoms with Crippen LogP contribution in [0.4, 0.5) is 23.0 Å². The topological polar surface area (TPSA) is 67.4 Å². The van der Waals surface area contributed by atoms with Crippen LogP contribution < -0.4 is 10.6 Å². The minimum Gasteiger partial charge on any atom is -0.462 e. The first-order chi connectivity index (χ1) is 9.66. The molecule has 1 atom stereocenters. The van der Waals surface area contributed by atoms with E-state index in [4.69, 9.17) is 4.74 Å². The van der Waals surface area contributed by atoms with Gasteiger partial charge in [0, 0.05) is 0 Å². The van der Waals surface area contributed by atoms with Gasteiger partial charge in [-0.05, 0) is 31.7 Å². The van der Waals surface area contributed by atoms with Crippen LogP contribution in [0.5, 0.6) is 0 Å². The lowest BCUT2D eigenvalue weighted by Gasteiger charge is -2.17. The minimum absolute atomic E-state index is 0.150. The molecule has 1 aromatic rings. The van der Waals surface area contributed by atoms with Crippen LogP contribution in [0.15, 0.2) is 5.38 Å². The highest BCUT2D eigenvalue weighted by Crippen LogP contribution is 2.28. The molecule has 1 unspecified atom stereocenters. The van der Waals surface area contributed by atoms with E-state index in [1.54, 1.807) is 24.5 Å². The van der Waals surface area contributed by atoms with Crippen LogP contribution in [0.25, 0.3) is 0 Å². The molecule has 0 aromatic carbocycles. The van der Waals surface area contributed by atoms with Crippen molar-refractivity contribution in [3.63, 3.8) is 0 Å². The van der Waals surface area contributed by atoms with E-state index in [2.05, 4.69) is 5.32 Å². The Bertz CT molecular complexity index is 528. The van der Waals surface area contributed by atoms with Gasteiger partial charge in [0.25, 0.3) is 0 Å². The maximum absolute atomic E-state index is 12.3. The fraction of sp³-hybridized carbons (Fsp3) is 0.500. The number of rotatable bonds is 4. The third-order valence-corrected chi connectivity index (χ3v) is 3.53. The number of aryl methyl sites for hydroxylation is 1. The molecule has 9 heteroatoms. The number of carbonyl (C=O) groups is 2. The number of amides is 2. The van der Waals surface area contributed by atoms with Gasteiger partial charge in [0.1, 0.15) is 11.0 Å². The number of ether oxygens (including phenoxy) is 1. The predicted molar refractivity (Wildman–Crippen MR) is 72.7 cm³/mol. The average molecular weight is 324 g/mol. The summed E-state index contributed by atoms with van der Waals surface area (Å²) in [5, 5.41) is 5.75. The van der Waals surface area contributed by atoms with Crippen molar-refractivity contribution >= 4 is 28.3 Å². The van der Waals surface area contributed by atoms with Crippen LogP contribution in [0.2, 0.25) is 0 Å². The Morgan fingerprint density at radius 2 is 2.05 bits per heavy atom. The van der Waals surface area contributed by atoms with E-state index in [1.807, 2.05) is 0 Å². The molecule has 0 bridgehead atoms. The molecule has 0 aliphatic heterocycles. The molecule has 0 spiro atoms. The minimum atomic E-state index is -4.54. The van der Waals surface area contributed by atoms with E-state index in [-0.39, 0.29) is 17.2 Å². The SMILES string of the molecule is CCOC(=O)c1c(C)csc1NC(=O)NC(C)C(F)(F)F. The van der Waals surface area contributed by atoms with Gasteiger partial charge in [-0.25, -0.2) is 9.59 Å². The van der Waals surface area contributed by atoms with Crippen LogP contribution in [0.3, 0.4) is 0 Å². The zero-order valence-electron chi connectivity index (χ0n) is 11.6. The van der Waals surface area contributed by atoms with E-state index in [1.165, 1.54) is 0 Å². The van der Waals surface area contributed by atoms with Crippen molar-refractivity contribution in [2.75, 3.05) is 11.9 Å². The molecule has 0 aliphatic carbocycles. The van der Waals surface area contributed by atoms with Gasteiger partial charge >= 0.3 is 18.2 Å². The number of hydrogen-bond donors (Lipinski definition) is 2. The summed E-state index contributed by atoms with van der Waals surface area (Å²) >= 11 is 1.04. The zero-order chi connectivity index (χ0) is 16.2. The van der Waals surface area contributed by atoms with Crippen molar-refractivity contribution in [2.24, 2.45) is 0 Å². The van der Waals surface area contributed by atoms with Gasteiger partial charge in [0.2, 0.25) is 0 Å². The first kappa shape index (κ1) is 17.3. The number of carbonyl (C=O) groups excluding carboxylic acids is 2. The fourth-order valence-corrected chi connectivity index (χ4v) is 2.34. The normalized spacial score (nSPS) is 12.7. The molecule has 1 aromatic heterocycles. The molecule has 21 heavy (non-hydrogen) atoms. The van der Waals surface area contributed by atoms with Crippen molar-refractivity contribution in [1.29, 1.82) is 0 Å². The lowest BCUT2D eigenvalue weighted by Crippen LogP contribution is -2.45. The van der Waals surface area contributed by atoms with Gasteiger partial charge in [-0.1, -0.05) is 0 Å². The van der Waals surface area contributed by atoms with Gasteiger partial charge in [-0.3, -0.25) is 5.32 Å². The van der Waals surface area contributed by atoms with Crippen LogP contribution in [0.1, 0.15) is 29.8 Å². The Hall–Kier alpha value is -1.77. The van der Waals surface area contributed by atoms with E-state index in [0.29, 0.717) is 5.56 Å². The quantitative estimate of drug-likeness (QED) is 0.835. The molecule has 0 radical (unpaired) electrons. The van der Waals surface area contributed by atoms with E-state index < -0.39 is 24.2 Å². The fourth-order valence-electron chi connectivity index (χ4n) is 1.41. The van der Waals surface area contributed by atoms with E-state index in [0.717, 1.165) is 18.3 Å². The maximum atomic E-state index is 12.3. The average Bonchev–Trinajstić information content (AvgIpc) is 2.69. The van der Waals surface area contributed by atoms with Crippen LogP contribution in [0, 0.1) is 6.92 Å². The van der Waals surface area contributed by atoms with Gasteiger partial charge in [0.05, 0.1) is 12.2 Å². The Morgan fingerprint density at radius 3 is 2.57 bits per heavy atom. The molecule has 118 valence electrons. The van der Waals surface area contributed by atoms with Gasteiger partial charge in [-0.15, -0.1) is 11.3 Å². The second-order valence-electron chi connectivity index (χ2n) is 4.21. The number of esters is 1. The highest BCUT2D eigenvalue weighted by molar-refractivity contribution is 7.15. The Kier molecular flexibility index (Phi) is 5.59. The molecule has 1 heterocycles. The summed E-state index contributed by atoms with van der Waals surface area (Å²) in [6.45, 7) is 4.25. The summed E-state index contributed by atoms with van der Waals surface area (Å²) in [7, 11) is 0.